The van der Waals surface area contributed by atoms with Gasteiger partial charge in [-0.05, 0) is 29.0 Å². The van der Waals surface area contributed by atoms with Gasteiger partial charge in [-0.3, -0.25) is 0 Å². The predicted molar refractivity (Wildman–Crippen MR) is 111 cm³/mol. The Balaban J connectivity index is 1.27. The third-order valence-electron chi connectivity index (χ3n) is 4.86. The van der Waals surface area contributed by atoms with Crippen LogP contribution in [-0.4, -0.2) is 55.9 Å². The number of sulfonamides is 1. The molecule has 2 N–H and O–H groups in total. The lowest BCUT2D eigenvalue weighted by Gasteiger charge is -2.18. The normalized spacial score (nSPS) is 26.5. The van der Waals surface area contributed by atoms with Crippen LogP contribution < -0.4 is 10.0 Å². The molecule has 2 saturated heterocycles. The zero-order chi connectivity index (χ0) is 19.8. The third kappa shape index (κ3) is 3.81. The van der Waals surface area contributed by atoms with Crippen LogP contribution in [0.5, 0.6) is 0 Å². The van der Waals surface area contributed by atoms with Crippen molar-refractivity contribution >= 4 is 38.6 Å². The molecule has 4 atom stereocenters. The molecule has 11 heteroatoms. The average molecular weight is 451 g/mol. The summed E-state index contributed by atoms with van der Waals surface area (Å²) in [6.07, 6.45) is 1.08. The van der Waals surface area contributed by atoms with Crippen LogP contribution in [0, 0.1) is 0 Å². The van der Waals surface area contributed by atoms with Crippen molar-refractivity contribution in [2.45, 2.75) is 28.5 Å². The molecule has 3 aromatic rings. The van der Waals surface area contributed by atoms with Crippen LogP contribution in [0.25, 0.3) is 10.6 Å². The first kappa shape index (κ1) is 19.1. The van der Waals surface area contributed by atoms with E-state index in [4.69, 9.17) is 9.47 Å². The van der Waals surface area contributed by atoms with Crippen LogP contribution in [0.3, 0.4) is 0 Å². The Bertz CT molecular complexity index is 1070. The lowest BCUT2D eigenvalue weighted by atomic mass is 10.1. The van der Waals surface area contributed by atoms with Gasteiger partial charge in [-0.15, -0.1) is 22.7 Å². The molecule has 0 amide bonds. The molecular weight excluding hydrogens is 432 g/mol. The summed E-state index contributed by atoms with van der Waals surface area (Å²) >= 11 is 2.80. The van der Waals surface area contributed by atoms with Crippen molar-refractivity contribution in [3.8, 4) is 10.6 Å². The summed E-state index contributed by atoms with van der Waals surface area (Å²) in [5.41, 5.74) is 0.849. The number of thiophene rings is 2. The van der Waals surface area contributed by atoms with Crippen molar-refractivity contribution in [3.05, 3.63) is 47.3 Å². The summed E-state index contributed by atoms with van der Waals surface area (Å²) in [5.74, 6) is 0.497. The number of anilines is 1. The van der Waals surface area contributed by atoms with Crippen LogP contribution >= 0.6 is 22.7 Å². The van der Waals surface area contributed by atoms with Gasteiger partial charge in [0.1, 0.15) is 16.4 Å². The number of aromatic nitrogens is 2. The van der Waals surface area contributed by atoms with E-state index in [1.54, 1.807) is 35.0 Å². The van der Waals surface area contributed by atoms with E-state index in [0.717, 1.165) is 10.6 Å². The van der Waals surface area contributed by atoms with Crippen molar-refractivity contribution < 1.29 is 17.9 Å². The van der Waals surface area contributed by atoms with E-state index in [1.165, 1.54) is 11.3 Å². The Morgan fingerprint density at radius 3 is 2.52 bits per heavy atom. The Kier molecular flexibility index (Phi) is 5.10. The molecule has 0 bridgehead atoms. The molecule has 0 aromatic carbocycles. The molecule has 2 aliphatic heterocycles. The summed E-state index contributed by atoms with van der Waals surface area (Å²) in [4.78, 5) is 9.94. The number of rotatable bonds is 6. The number of fused-ring (bicyclic) bond motifs is 1. The quantitative estimate of drug-likeness (QED) is 0.593. The minimum absolute atomic E-state index is 0.158. The lowest BCUT2D eigenvalue weighted by molar-refractivity contribution is 0.0690. The van der Waals surface area contributed by atoms with Crippen LogP contribution in [0.2, 0.25) is 0 Å². The van der Waals surface area contributed by atoms with Crippen molar-refractivity contribution in [1.82, 2.24) is 14.7 Å². The summed E-state index contributed by atoms with van der Waals surface area (Å²) in [6.45, 7) is 0.646. The van der Waals surface area contributed by atoms with Gasteiger partial charge in [0.05, 0.1) is 35.9 Å². The molecule has 0 saturated carbocycles. The number of nitrogens with one attached hydrogen (secondary N) is 2. The van der Waals surface area contributed by atoms with Gasteiger partial charge in [-0.1, -0.05) is 12.1 Å². The third-order valence-corrected chi connectivity index (χ3v) is 8.64. The second kappa shape index (κ2) is 7.74. The zero-order valence-electron chi connectivity index (χ0n) is 15.1. The van der Waals surface area contributed by atoms with E-state index in [0.29, 0.717) is 12.6 Å². The van der Waals surface area contributed by atoms with Gasteiger partial charge in [-0.2, -0.15) is 0 Å². The highest BCUT2D eigenvalue weighted by Gasteiger charge is 2.49. The summed E-state index contributed by atoms with van der Waals surface area (Å²) in [6, 6.07) is 8.56. The maximum Gasteiger partial charge on any atom is 0.250 e. The fourth-order valence-corrected chi connectivity index (χ4v) is 6.49. The van der Waals surface area contributed by atoms with Crippen molar-refractivity contribution in [1.29, 1.82) is 0 Å². The number of nitrogens with zero attached hydrogens (tertiary/aromatic N) is 2. The van der Waals surface area contributed by atoms with Gasteiger partial charge in [0.15, 0.2) is 0 Å². The molecule has 0 aliphatic carbocycles. The minimum atomic E-state index is -3.58. The average Bonchev–Trinajstić information content (AvgIpc) is 3.50. The van der Waals surface area contributed by atoms with Crippen LogP contribution in [0.15, 0.2) is 51.5 Å². The second-order valence-corrected chi connectivity index (χ2v) is 10.6. The molecule has 152 valence electrons. The Hall–Kier alpha value is -1.89. The summed E-state index contributed by atoms with van der Waals surface area (Å²) in [5, 5.41) is 7.02. The zero-order valence-corrected chi connectivity index (χ0v) is 17.5. The molecule has 3 aromatic heterocycles. The molecule has 0 unspecified atom stereocenters. The topological polar surface area (TPSA) is 102 Å². The van der Waals surface area contributed by atoms with E-state index in [1.807, 2.05) is 23.6 Å². The molecule has 8 nitrogen and oxygen atoms in total. The molecule has 0 radical (unpaired) electrons. The minimum Gasteiger partial charge on any atom is -0.371 e. The van der Waals surface area contributed by atoms with Crippen molar-refractivity contribution in [2.75, 3.05) is 18.5 Å². The molecule has 2 aliphatic rings. The van der Waals surface area contributed by atoms with E-state index in [2.05, 4.69) is 20.0 Å². The second-order valence-electron chi connectivity index (χ2n) is 6.75. The lowest BCUT2D eigenvalue weighted by Crippen LogP contribution is -2.44. The highest BCUT2D eigenvalue weighted by molar-refractivity contribution is 7.91. The summed E-state index contributed by atoms with van der Waals surface area (Å²) < 4.78 is 39.8. The molecule has 2 fully saturated rings. The smallest absolute Gasteiger partial charge is 0.250 e. The molecule has 0 spiro atoms. The molecule has 29 heavy (non-hydrogen) atoms. The highest BCUT2D eigenvalue weighted by Crippen LogP contribution is 2.30. The van der Waals surface area contributed by atoms with E-state index < -0.39 is 16.1 Å². The molecule has 5 heterocycles. The number of hydrogen-bond acceptors (Lipinski definition) is 9. The monoisotopic (exact) mass is 450 g/mol. The van der Waals surface area contributed by atoms with E-state index in [-0.39, 0.29) is 29.1 Å². The van der Waals surface area contributed by atoms with Gasteiger partial charge in [0, 0.05) is 6.20 Å². The van der Waals surface area contributed by atoms with Gasteiger partial charge in [0.25, 0.3) is 0 Å². The van der Waals surface area contributed by atoms with Crippen LogP contribution in [0.4, 0.5) is 5.95 Å². The van der Waals surface area contributed by atoms with Crippen LogP contribution in [-0.2, 0) is 19.5 Å². The van der Waals surface area contributed by atoms with E-state index >= 15 is 0 Å². The maximum atomic E-state index is 12.5. The summed E-state index contributed by atoms with van der Waals surface area (Å²) in [7, 11) is -3.58. The fraction of sp³-hybridized carbons (Fsp3) is 0.333. The highest BCUT2D eigenvalue weighted by atomic mass is 32.2. The molecule has 5 rings (SSSR count). The van der Waals surface area contributed by atoms with Gasteiger partial charge in [0.2, 0.25) is 16.0 Å². The first-order chi connectivity index (χ1) is 14.1. The number of ether oxygens (including phenoxy) is 2. The largest absolute Gasteiger partial charge is 0.371 e. The van der Waals surface area contributed by atoms with Crippen molar-refractivity contribution in [3.63, 3.8) is 0 Å². The standard InChI is InChI=1S/C18H18N4O4S3/c23-29(24,15-4-2-8-28-15)22-13-10-26-16-12(9-25-17(13)16)21-18-19-6-5-11(20-18)14-3-1-7-27-14/h1-8,12-13,16-17,22H,9-10H2,(H,19,20,21)/t12-,13-,16+,17+/m0/s1. The maximum absolute atomic E-state index is 12.5. The Morgan fingerprint density at radius 1 is 1.00 bits per heavy atom. The van der Waals surface area contributed by atoms with E-state index in [9.17, 15) is 8.42 Å². The van der Waals surface area contributed by atoms with Gasteiger partial charge in [-0.25, -0.2) is 23.1 Å². The van der Waals surface area contributed by atoms with Crippen LogP contribution in [0.1, 0.15) is 0 Å². The van der Waals surface area contributed by atoms with Gasteiger partial charge < -0.3 is 14.8 Å². The number of hydrogen-bond donors (Lipinski definition) is 2. The first-order valence-corrected chi connectivity index (χ1v) is 12.3. The Labute approximate surface area is 176 Å². The molecular formula is C18H18N4O4S3. The Morgan fingerprint density at radius 2 is 1.76 bits per heavy atom. The fourth-order valence-electron chi connectivity index (χ4n) is 3.55. The predicted octanol–water partition coefficient (Wildman–Crippen LogP) is 2.19. The van der Waals surface area contributed by atoms with Crippen molar-refractivity contribution in [2.24, 2.45) is 0 Å². The first-order valence-electron chi connectivity index (χ1n) is 9.03. The van der Waals surface area contributed by atoms with Gasteiger partial charge >= 0.3 is 0 Å². The SMILES string of the molecule is O=S(=O)(N[C@H]1CO[C@H]2[C@@H]1OC[C@@H]2Nc1nccc(-c2cccs2)n1)c1cccs1.